The number of nitrogens with two attached hydrogens (primary N) is 1. The van der Waals surface area contributed by atoms with Crippen molar-refractivity contribution in [1.82, 2.24) is 46.8 Å². The van der Waals surface area contributed by atoms with Crippen LogP contribution in [0.2, 0.25) is 0 Å². The highest BCUT2D eigenvalue weighted by Crippen LogP contribution is 2.20. The van der Waals surface area contributed by atoms with Gasteiger partial charge in [0.2, 0.25) is 41.4 Å². The predicted molar refractivity (Wildman–Crippen MR) is 216 cm³/mol. The lowest BCUT2D eigenvalue weighted by Gasteiger charge is -2.31. The maximum Gasteiger partial charge on any atom is 0.326 e. The molecule has 2 rings (SSSR count). The molecule has 2 heterocycles. The molecule has 332 valence electrons. The van der Waals surface area contributed by atoms with Crippen LogP contribution in [0.3, 0.4) is 0 Å². The van der Waals surface area contributed by atoms with E-state index in [1.54, 1.807) is 55.4 Å². The number of hydrogen-bond donors (Lipinski definition) is 10. The van der Waals surface area contributed by atoms with Gasteiger partial charge < -0.3 is 57.7 Å². The second kappa shape index (κ2) is 22.9. The van der Waals surface area contributed by atoms with Crippen LogP contribution in [-0.4, -0.2) is 133 Å². The minimum absolute atomic E-state index is 0.0518. The molecule has 1 aromatic rings. The zero-order valence-electron chi connectivity index (χ0n) is 35.8. The van der Waals surface area contributed by atoms with Gasteiger partial charge in [-0.1, -0.05) is 61.8 Å². The number of aliphatic hydroxyl groups is 1. The molecule has 20 heteroatoms. The van der Waals surface area contributed by atoms with Gasteiger partial charge in [-0.3, -0.25) is 33.6 Å². The maximum absolute atomic E-state index is 13.8. The summed E-state index contributed by atoms with van der Waals surface area (Å²) in [5.74, 6) is -7.70. The summed E-state index contributed by atoms with van der Waals surface area (Å²) >= 11 is 0. The monoisotopic (exact) mass is 834 g/mol. The molecule has 1 fully saturated rings. The molecule has 0 radical (unpaired) electrons. The third-order valence-corrected chi connectivity index (χ3v) is 10.5. The van der Waals surface area contributed by atoms with Crippen molar-refractivity contribution in [2.75, 3.05) is 6.54 Å². The van der Waals surface area contributed by atoms with E-state index in [0.717, 1.165) is 0 Å². The van der Waals surface area contributed by atoms with Crippen molar-refractivity contribution in [3.8, 4) is 0 Å². The van der Waals surface area contributed by atoms with Gasteiger partial charge in [0, 0.05) is 24.9 Å². The van der Waals surface area contributed by atoms with Crippen LogP contribution < -0.4 is 37.6 Å². The molecule has 1 saturated heterocycles. The maximum atomic E-state index is 13.8. The summed E-state index contributed by atoms with van der Waals surface area (Å²) in [7, 11) is 0. The molecule has 1 aromatic heterocycles. The number of likely N-dealkylation sites (tertiary alicyclic amines) is 1. The number of amides is 7. The van der Waals surface area contributed by atoms with Crippen LogP contribution in [0.15, 0.2) is 12.5 Å². The normalized spacial score (nSPS) is 18.7. The summed E-state index contributed by atoms with van der Waals surface area (Å²) in [4.78, 5) is 114. The van der Waals surface area contributed by atoms with Crippen LogP contribution in [0.25, 0.3) is 0 Å². The Morgan fingerprint density at radius 2 is 1.31 bits per heavy atom. The minimum Gasteiger partial charge on any atom is -0.480 e. The number of carboxylic acid groups (broad SMARTS) is 1. The third-order valence-electron chi connectivity index (χ3n) is 10.5. The van der Waals surface area contributed by atoms with Crippen molar-refractivity contribution in [1.29, 1.82) is 0 Å². The standard InChI is InChI=1S/C39H66N10O10/c1-11-21(8)30(39(58)59)47-32(51)25(15-24-16-41-17-42-24)44-36(55)29(20(6)7)45-33(52)26-13-12-14-49(26)38(57)22(9)43-35(54)28(19(4)5)46-37(56)31(23(10)50)48-34(53)27(40)18(2)3/h16-23,25-31,50H,11-15,40H2,1-10H3,(H,41,42)(H,43,54)(H,44,55)(H,45,52)(H,46,56)(H,47,51)(H,48,53)(H,58,59)/t21-,22-,23+,25-,26-,27-,28-,29-,30-,31-/m0/s1. The number of rotatable bonds is 22. The van der Waals surface area contributed by atoms with Gasteiger partial charge in [-0.05, 0) is 50.4 Å². The fourth-order valence-electron chi connectivity index (χ4n) is 6.46. The molecular formula is C39H66N10O10. The van der Waals surface area contributed by atoms with Gasteiger partial charge in [0.25, 0.3) is 0 Å². The van der Waals surface area contributed by atoms with E-state index in [9.17, 15) is 48.6 Å². The summed E-state index contributed by atoms with van der Waals surface area (Å²) in [5, 5.41) is 35.6. The molecule has 10 atom stereocenters. The van der Waals surface area contributed by atoms with E-state index in [2.05, 4.69) is 41.9 Å². The van der Waals surface area contributed by atoms with Crippen LogP contribution in [-0.2, 0) is 44.8 Å². The van der Waals surface area contributed by atoms with Gasteiger partial charge >= 0.3 is 5.97 Å². The first-order chi connectivity index (χ1) is 27.5. The van der Waals surface area contributed by atoms with E-state index < -0.39 is 120 Å². The van der Waals surface area contributed by atoms with Gasteiger partial charge in [-0.25, -0.2) is 9.78 Å². The number of aliphatic carboxylic acids is 1. The van der Waals surface area contributed by atoms with Gasteiger partial charge in [-0.2, -0.15) is 0 Å². The second-order valence-corrected chi connectivity index (χ2v) is 16.4. The summed E-state index contributed by atoms with van der Waals surface area (Å²) in [5.41, 5.74) is 6.39. The molecule has 0 saturated carbocycles. The number of carboxylic acids is 1. The number of carbonyl (C=O) groups excluding carboxylic acids is 7. The van der Waals surface area contributed by atoms with Crippen LogP contribution in [0.5, 0.6) is 0 Å². The van der Waals surface area contributed by atoms with Gasteiger partial charge in [0.1, 0.15) is 42.3 Å². The molecule has 11 N–H and O–H groups in total. The fourth-order valence-corrected chi connectivity index (χ4v) is 6.46. The lowest BCUT2D eigenvalue weighted by Crippen LogP contribution is -2.62. The van der Waals surface area contributed by atoms with Crippen molar-refractivity contribution >= 4 is 47.3 Å². The molecule has 1 aliphatic rings. The van der Waals surface area contributed by atoms with E-state index in [0.29, 0.717) is 18.5 Å². The molecule has 7 amide bonds. The molecule has 59 heavy (non-hydrogen) atoms. The fraction of sp³-hybridized carbons (Fsp3) is 0.718. The van der Waals surface area contributed by atoms with Crippen LogP contribution >= 0.6 is 0 Å². The zero-order valence-corrected chi connectivity index (χ0v) is 35.8. The minimum atomic E-state index is -1.42. The third kappa shape index (κ3) is 14.3. The van der Waals surface area contributed by atoms with Gasteiger partial charge in [0.15, 0.2) is 0 Å². The highest BCUT2D eigenvalue weighted by Gasteiger charge is 2.40. The zero-order chi connectivity index (χ0) is 44.9. The van der Waals surface area contributed by atoms with E-state index in [-0.39, 0.29) is 25.3 Å². The molecule has 0 spiro atoms. The number of aliphatic hydroxyl groups excluding tert-OH is 1. The van der Waals surface area contributed by atoms with E-state index in [1.807, 2.05) is 0 Å². The van der Waals surface area contributed by atoms with Gasteiger partial charge in [-0.15, -0.1) is 0 Å². The van der Waals surface area contributed by atoms with Crippen molar-refractivity contribution in [2.45, 2.75) is 149 Å². The van der Waals surface area contributed by atoms with Crippen molar-refractivity contribution in [2.24, 2.45) is 29.4 Å². The quantitative estimate of drug-likeness (QED) is 0.0651. The number of hydrogen-bond acceptors (Lipinski definition) is 11. The Morgan fingerprint density at radius 3 is 1.81 bits per heavy atom. The first kappa shape index (κ1) is 50.0. The molecule has 20 nitrogen and oxygen atoms in total. The Balaban J connectivity index is 2.18. The van der Waals surface area contributed by atoms with E-state index >= 15 is 0 Å². The number of aromatic nitrogens is 2. The summed E-state index contributed by atoms with van der Waals surface area (Å²) in [6, 6.07) is -9.30. The van der Waals surface area contributed by atoms with Crippen molar-refractivity contribution in [3.63, 3.8) is 0 Å². The van der Waals surface area contributed by atoms with Crippen LogP contribution in [0, 0.1) is 23.7 Å². The smallest absolute Gasteiger partial charge is 0.326 e. The van der Waals surface area contributed by atoms with Crippen molar-refractivity contribution < 1.29 is 48.6 Å². The highest BCUT2D eigenvalue weighted by atomic mass is 16.4. The van der Waals surface area contributed by atoms with Crippen LogP contribution in [0.1, 0.15) is 94.2 Å². The molecule has 0 unspecified atom stereocenters. The second-order valence-electron chi connectivity index (χ2n) is 16.4. The number of nitrogens with one attached hydrogen (secondary N) is 7. The molecule has 1 aliphatic heterocycles. The topological polar surface area (TPSA) is 307 Å². The number of imidazole rings is 1. The highest BCUT2D eigenvalue weighted by molar-refractivity contribution is 5.98. The average molecular weight is 835 g/mol. The van der Waals surface area contributed by atoms with Gasteiger partial charge in [0.05, 0.1) is 18.5 Å². The Labute approximate surface area is 345 Å². The van der Waals surface area contributed by atoms with E-state index in [4.69, 9.17) is 5.73 Å². The largest absolute Gasteiger partial charge is 0.480 e. The number of nitrogens with zero attached hydrogens (tertiary/aromatic N) is 2. The molecule has 0 aliphatic carbocycles. The summed E-state index contributed by atoms with van der Waals surface area (Å²) in [6.07, 6.45) is 2.67. The first-order valence-electron chi connectivity index (χ1n) is 20.3. The number of H-pyrrole nitrogens is 1. The predicted octanol–water partition coefficient (Wildman–Crippen LogP) is -1.32. The SMILES string of the molecule is CC[C@H](C)[C@H](NC(=O)[C@H](Cc1cnc[nH]1)NC(=O)[C@@H](NC(=O)[C@@H]1CCCN1C(=O)[C@H](C)NC(=O)[C@@H](NC(=O)[C@@H](NC(=O)[C@@H](N)C(C)C)[C@@H](C)O)C(C)C)C(C)C)C(=O)O. The lowest BCUT2D eigenvalue weighted by atomic mass is 9.98. The average Bonchev–Trinajstić information content (AvgIpc) is 3.87. The molecule has 0 bridgehead atoms. The first-order valence-corrected chi connectivity index (χ1v) is 20.3. The number of carbonyl (C=O) groups is 8. The Kier molecular flexibility index (Phi) is 19.4. The lowest BCUT2D eigenvalue weighted by molar-refractivity contribution is -0.144. The Hall–Kier alpha value is -5.11. The summed E-state index contributed by atoms with van der Waals surface area (Å²) in [6.45, 7) is 16.6. The Bertz CT molecular complexity index is 1620. The van der Waals surface area contributed by atoms with E-state index in [1.165, 1.54) is 31.3 Å². The van der Waals surface area contributed by atoms with Crippen molar-refractivity contribution in [3.05, 3.63) is 18.2 Å². The number of aromatic amines is 1. The van der Waals surface area contributed by atoms with Crippen LogP contribution in [0.4, 0.5) is 0 Å². The Morgan fingerprint density at radius 1 is 0.763 bits per heavy atom. The molecule has 0 aromatic carbocycles. The molecular weight excluding hydrogens is 768 g/mol. The summed E-state index contributed by atoms with van der Waals surface area (Å²) < 4.78 is 0.